The maximum Gasteiger partial charge on any atom is 0.0366 e. The molecule has 0 aliphatic heterocycles. The van der Waals surface area contributed by atoms with E-state index in [1.54, 1.807) is 0 Å². The largest absolute Gasteiger partial charge is 0.372 e. The topological polar surface area (TPSA) is 15.3 Å². The number of hydrogen-bond acceptors (Lipinski definition) is 2. The molecule has 1 aromatic rings. The molecule has 2 heteroatoms. The molecule has 2 rings (SSSR count). The van der Waals surface area contributed by atoms with Crippen LogP contribution in [-0.4, -0.2) is 19.1 Å². The van der Waals surface area contributed by atoms with Crippen LogP contribution in [0.25, 0.3) is 0 Å². The number of nitrogens with zero attached hydrogens (tertiary/aromatic N) is 1. The van der Waals surface area contributed by atoms with Crippen LogP contribution >= 0.6 is 0 Å². The van der Waals surface area contributed by atoms with Crippen molar-refractivity contribution in [1.29, 1.82) is 0 Å². The minimum atomic E-state index is 0.746. The average molecular weight is 260 g/mol. The SMILES string of the molecule is CCN(CC)c1ccc(CNC2CCCCC2)cc1. The highest BCUT2D eigenvalue weighted by Gasteiger charge is 2.12. The summed E-state index contributed by atoms with van der Waals surface area (Å²) < 4.78 is 0. The summed E-state index contributed by atoms with van der Waals surface area (Å²) in [6, 6.07) is 9.79. The van der Waals surface area contributed by atoms with Crippen LogP contribution in [0.5, 0.6) is 0 Å². The standard InChI is InChI=1S/C17H28N2/c1-3-19(4-2)17-12-10-15(11-13-17)14-18-16-8-6-5-7-9-16/h10-13,16,18H,3-9,14H2,1-2H3. The van der Waals surface area contributed by atoms with Gasteiger partial charge in [0.25, 0.3) is 0 Å². The van der Waals surface area contributed by atoms with Gasteiger partial charge in [-0.05, 0) is 44.4 Å². The summed E-state index contributed by atoms with van der Waals surface area (Å²) >= 11 is 0. The van der Waals surface area contributed by atoms with Gasteiger partial charge in [-0.3, -0.25) is 0 Å². The summed E-state index contributed by atoms with van der Waals surface area (Å²) in [5.41, 5.74) is 2.74. The minimum Gasteiger partial charge on any atom is -0.372 e. The Morgan fingerprint density at radius 3 is 2.21 bits per heavy atom. The van der Waals surface area contributed by atoms with Crippen molar-refractivity contribution >= 4 is 5.69 Å². The molecule has 1 aromatic carbocycles. The highest BCUT2D eigenvalue weighted by atomic mass is 15.1. The van der Waals surface area contributed by atoms with Crippen LogP contribution in [0.15, 0.2) is 24.3 Å². The Morgan fingerprint density at radius 2 is 1.63 bits per heavy atom. The molecule has 0 spiro atoms. The lowest BCUT2D eigenvalue weighted by atomic mass is 9.95. The molecule has 1 N–H and O–H groups in total. The van der Waals surface area contributed by atoms with Crippen LogP contribution in [0.1, 0.15) is 51.5 Å². The number of anilines is 1. The van der Waals surface area contributed by atoms with Gasteiger partial charge in [-0.1, -0.05) is 31.4 Å². The van der Waals surface area contributed by atoms with Crippen LogP contribution in [0.2, 0.25) is 0 Å². The van der Waals surface area contributed by atoms with Crippen LogP contribution in [0.4, 0.5) is 5.69 Å². The first-order valence-electron chi connectivity index (χ1n) is 7.90. The first-order chi connectivity index (χ1) is 9.33. The van der Waals surface area contributed by atoms with Crippen molar-refractivity contribution in [1.82, 2.24) is 5.32 Å². The fourth-order valence-electron chi connectivity index (χ4n) is 2.98. The maximum atomic E-state index is 3.70. The quantitative estimate of drug-likeness (QED) is 0.833. The van der Waals surface area contributed by atoms with Crippen molar-refractivity contribution in [3.8, 4) is 0 Å². The van der Waals surface area contributed by atoms with E-state index in [1.165, 1.54) is 43.4 Å². The fourth-order valence-corrected chi connectivity index (χ4v) is 2.98. The van der Waals surface area contributed by atoms with Crippen molar-refractivity contribution in [3.63, 3.8) is 0 Å². The molecule has 0 saturated heterocycles. The summed E-state index contributed by atoms with van der Waals surface area (Å²) in [5.74, 6) is 0. The molecule has 1 saturated carbocycles. The summed E-state index contributed by atoms with van der Waals surface area (Å²) in [6.07, 6.45) is 6.95. The first kappa shape index (κ1) is 14.4. The summed E-state index contributed by atoms with van der Waals surface area (Å²) in [7, 11) is 0. The van der Waals surface area contributed by atoms with Crippen LogP contribution < -0.4 is 10.2 Å². The monoisotopic (exact) mass is 260 g/mol. The third kappa shape index (κ3) is 4.24. The van der Waals surface area contributed by atoms with E-state index in [0.29, 0.717) is 0 Å². The second-order valence-electron chi connectivity index (χ2n) is 5.55. The van der Waals surface area contributed by atoms with E-state index in [4.69, 9.17) is 0 Å². The minimum absolute atomic E-state index is 0.746. The van der Waals surface area contributed by atoms with Gasteiger partial charge in [0.15, 0.2) is 0 Å². The van der Waals surface area contributed by atoms with Gasteiger partial charge >= 0.3 is 0 Å². The molecule has 0 aromatic heterocycles. The molecule has 1 fully saturated rings. The summed E-state index contributed by atoms with van der Waals surface area (Å²) in [4.78, 5) is 2.39. The lowest BCUT2D eigenvalue weighted by Gasteiger charge is -2.23. The van der Waals surface area contributed by atoms with Crippen LogP contribution in [0.3, 0.4) is 0 Å². The molecule has 0 radical (unpaired) electrons. The molecule has 2 nitrogen and oxygen atoms in total. The molecule has 1 aliphatic carbocycles. The van der Waals surface area contributed by atoms with Crippen molar-refractivity contribution in [2.24, 2.45) is 0 Å². The molecular weight excluding hydrogens is 232 g/mol. The van der Waals surface area contributed by atoms with Gasteiger partial charge in [-0.25, -0.2) is 0 Å². The summed E-state index contributed by atoms with van der Waals surface area (Å²) in [5, 5.41) is 3.70. The predicted molar refractivity (Wildman–Crippen MR) is 83.7 cm³/mol. The zero-order chi connectivity index (χ0) is 13.5. The van der Waals surface area contributed by atoms with Gasteiger partial charge in [0.2, 0.25) is 0 Å². The lowest BCUT2D eigenvalue weighted by Crippen LogP contribution is -2.30. The van der Waals surface area contributed by atoms with E-state index >= 15 is 0 Å². The molecular formula is C17H28N2. The third-order valence-electron chi connectivity index (χ3n) is 4.26. The Morgan fingerprint density at radius 1 is 1.00 bits per heavy atom. The van der Waals surface area contributed by atoms with Crippen molar-refractivity contribution < 1.29 is 0 Å². The zero-order valence-corrected chi connectivity index (χ0v) is 12.5. The van der Waals surface area contributed by atoms with E-state index in [0.717, 1.165) is 25.7 Å². The van der Waals surface area contributed by atoms with E-state index in [1.807, 2.05) is 0 Å². The van der Waals surface area contributed by atoms with Gasteiger partial charge < -0.3 is 10.2 Å². The highest BCUT2D eigenvalue weighted by Crippen LogP contribution is 2.19. The van der Waals surface area contributed by atoms with Crippen molar-refractivity contribution in [2.45, 2.75) is 58.5 Å². The number of benzene rings is 1. The van der Waals surface area contributed by atoms with Gasteiger partial charge in [0.1, 0.15) is 0 Å². The van der Waals surface area contributed by atoms with E-state index < -0.39 is 0 Å². The Labute approximate surface area is 118 Å². The molecule has 0 heterocycles. The molecule has 19 heavy (non-hydrogen) atoms. The van der Waals surface area contributed by atoms with E-state index in [-0.39, 0.29) is 0 Å². The van der Waals surface area contributed by atoms with E-state index in [2.05, 4.69) is 48.3 Å². The highest BCUT2D eigenvalue weighted by molar-refractivity contribution is 5.47. The molecule has 0 atom stereocenters. The van der Waals surface area contributed by atoms with Gasteiger partial charge in [0, 0.05) is 31.4 Å². The molecule has 1 aliphatic rings. The Kier molecular flexibility index (Phi) is 5.71. The average Bonchev–Trinajstić information content (AvgIpc) is 2.49. The second kappa shape index (κ2) is 7.54. The molecule has 0 amide bonds. The zero-order valence-electron chi connectivity index (χ0n) is 12.5. The van der Waals surface area contributed by atoms with Crippen LogP contribution in [0, 0.1) is 0 Å². The van der Waals surface area contributed by atoms with Crippen molar-refractivity contribution in [3.05, 3.63) is 29.8 Å². The normalized spacial score (nSPS) is 16.5. The maximum absolute atomic E-state index is 3.70. The van der Waals surface area contributed by atoms with Gasteiger partial charge in [-0.15, -0.1) is 0 Å². The smallest absolute Gasteiger partial charge is 0.0366 e. The molecule has 106 valence electrons. The van der Waals surface area contributed by atoms with Gasteiger partial charge in [-0.2, -0.15) is 0 Å². The first-order valence-corrected chi connectivity index (χ1v) is 7.90. The lowest BCUT2D eigenvalue weighted by molar-refractivity contribution is 0.372. The number of nitrogens with one attached hydrogen (secondary N) is 1. The van der Waals surface area contributed by atoms with Gasteiger partial charge in [0.05, 0.1) is 0 Å². The second-order valence-corrected chi connectivity index (χ2v) is 5.55. The summed E-state index contributed by atoms with van der Waals surface area (Å²) in [6.45, 7) is 7.60. The molecule has 0 bridgehead atoms. The third-order valence-corrected chi connectivity index (χ3v) is 4.26. The molecule has 0 unspecified atom stereocenters. The van der Waals surface area contributed by atoms with Crippen molar-refractivity contribution in [2.75, 3.05) is 18.0 Å². The Hall–Kier alpha value is -1.02. The fraction of sp³-hybridized carbons (Fsp3) is 0.647. The van der Waals surface area contributed by atoms with Crippen LogP contribution in [-0.2, 0) is 6.54 Å². The Balaban J connectivity index is 1.84. The predicted octanol–water partition coefficient (Wildman–Crippen LogP) is 3.96. The Bertz CT molecular complexity index is 348. The number of hydrogen-bond donors (Lipinski definition) is 1. The van der Waals surface area contributed by atoms with E-state index in [9.17, 15) is 0 Å². The number of rotatable bonds is 6.